The van der Waals surface area contributed by atoms with E-state index in [2.05, 4.69) is 10.6 Å². The van der Waals surface area contributed by atoms with Crippen molar-refractivity contribution in [3.8, 4) is 6.07 Å². The molecule has 0 bridgehead atoms. The number of amides is 2. The molecule has 1 fully saturated rings. The molecule has 0 atom stereocenters. The molecule has 6 heteroatoms. The normalized spacial score (nSPS) is 23.7. The van der Waals surface area contributed by atoms with Crippen LogP contribution in [0.15, 0.2) is 0 Å². The first-order valence-corrected chi connectivity index (χ1v) is 5.80. The lowest BCUT2D eigenvalue weighted by Gasteiger charge is -2.27. The van der Waals surface area contributed by atoms with Crippen LogP contribution in [0.2, 0.25) is 0 Å². The molecule has 0 spiro atoms. The first-order valence-electron chi connectivity index (χ1n) is 5.80. The first-order chi connectivity index (χ1) is 8.13. The van der Waals surface area contributed by atoms with Gasteiger partial charge in [0.2, 0.25) is 11.8 Å². The fraction of sp³-hybridized carbons (Fsp3) is 0.727. The highest BCUT2D eigenvalue weighted by Crippen LogP contribution is 2.23. The highest BCUT2D eigenvalue weighted by atomic mass is 16.2. The van der Waals surface area contributed by atoms with Crippen LogP contribution in [-0.2, 0) is 9.59 Å². The van der Waals surface area contributed by atoms with E-state index in [1.807, 2.05) is 6.07 Å². The van der Waals surface area contributed by atoms with E-state index in [1.165, 1.54) is 0 Å². The number of nitrogens with one attached hydrogen (secondary N) is 2. The Morgan fingerprint density at radius 3 is 2.47 bits per heavy atom. The number of carbonyl (C=O) groups is 2. The Labute approximate surface area is 101 Å². The Morgan fingerprint density at radius 1 is 1.29 bits per heavy atom. The summed E-state index contributed by atoms with van der Waals surface area (Å²) >= 11 is 0. The predicted octanol–water partition coefficient (Wildman–Crippen LogP) is -0.740. The summed E-state index contributed by atoms with van der Waals surface area (Å²) < 4.78 is 0. The third-order valence-corrected chi connectivity index (χ3v) is 3.05. The highest BCUT2D eigenvalue weighted by molar-refractivity contribution is 5.78. The van der Waals surface area contributed by atoms with E-state index < -0.39 is 0 Å². The fourth-order valence-corrected chi connectivity index (χ4v) is 2.02. The fourth-order valence-electron chi connectivity index (χ4n) is 2.02. The second kappa shape index (κ2) is 6.86. The quantitative estimate of drug-likeness (QED) is 0.548. The molecule has 0 aromatic carbocycles. The molecule has 1 rings (SSSR count). The number of nitrogens with two attached hydrogens (primary N) is 1. The number of nitriles is 1. The number of hydrogen-bond acceptors (Lipinski definition) is 4. The highest BCUT2D eigenvalue weighted by Gasteiger charge is 2.24. The van der Waals surface area contributed by atoms with Gasteiger partial charge in [-0.1, -0.05) is 0 Å². The third-order valence-electron chi connectivity index (χ3n) is 3.05. The van der Waals surface area contributed by atoms with Crippen molar-refractivity contribution < 1.29 is 9.59 Å². The summed E-state index contributed by atoms with van der Waals surface area (Å²) in [5.41, 5.74) is 5.24. The maximum atomic E-state index is 11.2. The van der Waals surface area contributed by atoms with Gasteiger partial charge >= 0.3 is 0 Å². The van der Waals surface area contributed by atoms with E-state index in [1.54, 1.807) is 0 Å². The van der Waals surface area contributed by atoms with E-state index in [4.69, 9.17) is 11.0 Å². The van der Waals surface area contributed by atoms with Crippen LogP contribution in [0, 0.1) is 17.2 Å². The molecule has 6 nitrogen and oxygen atoms in total. The maximum Gasteiger partial charge on any atom is 0.234 e. The van der Waals surface area contributed by atoms with Crippen molar-refractivity contribution in [3.05, 3.63) is 0 Å². The number of primary amides is 1. The number of nitrogens with zero attached hydrogens (tertiary/aromatic N) is 1. The van der Waals surface area contributed by atoms with Gasteiger partial charge in [0, 0.05) is 12.0 Å². The van der Waals surface area contributed by atoms with Crippen LogP contribution in [0.3, 0.4) is 0 Å². The summed E-state index contributed by atoms with van der Waals surface area (Å²) in [6.45, 7) is 0.252. The first kappa shape index (κ1) is 13.5. The largest absolute Gasteiger partial charge is 0.369 e. The lowest BCUT2D eigenvalue weighted by atomic mass is 9.85. The lowest BCUT2D eigenvalue weighted by molar-refractivity contribution is -0.123. The van der Waals surface area contributed by atoms with Gasteiger partial charge in [-0.3, -0.25) is 9.59 Å². The summed E-state index contributed by atoms with van der Waals surface area (Å²) in [5, 5.41) is 13.9. The zero-order valence-electron chi connectivity index (χ0n) is 9.74. The minimum absolute atomic E-state index is 0.0135. The Balaban J connectivity index is 2.16. The Morgan fingerprint density at radius 2 is 1.94 bits per heavy atom. The van der Waals surface area contributed by atoms with E-state index in [-0.39, 0.29) is 36.9 Å². The minimum atomic E-state index is -0.227. The molecular formula is C11H18N4O2. The Hall–Kier alpha value is -1.61. The minimum Gasteiger partial charge on any atom is -0.369 e. The van der Waals surface area contributed by atoms with Gasteiger partial charge < -0.3 is 16.4 Å². The van der Waals surface area contributed by atoms with Crippen molar-refractivity contribution in [2.75, 3.05) is 13.1 Å². The van der Waals surface area contributed by atoms with Crippen molar-refractivity contribution in [2.45, 2.75) is 31.7 Å². The van der Waals surface area contributed by atoms with Gasteiger partial charge in [-0.25, -0.2) is 0 Å². The van der Waals surface area contributed by atoms with Crippen molar-refractivity contribution in [3.63, 3.8) is 0 Å². The zero-order valence-corrected chi connectivity index (χ0v) is 9.74. The maximum absolute atomic E-state index is 11.2. The summed E-state index contributed by atoms with van der Waals surface area (Å²) in [7, 11) is 0. The zero-order chi connectivity index (χ0) is 12.7. The van der Waals surface area contributed by atoms with Gasteiger partial charge in [0.05, 0.1) is 12.6 Å². The van der Waals surface area contributed by atoms with Crippen LogP contribution in [0.25, 0.3) is 0 Å². The molecule has 1 aliphatic carbocycles. The molecule has 4 N–H and O–H groups in total. The van der Waals surface area contributed by atoms with Crippen LogP contribution in [0.5, 0.6) is 0 Å². The van der Waals surface area contributed by atoms with Crippen LogP contribution >= 0.6 is 0 Å². The number of carbonyl (C=O) groups excluding carboxylic acids is 2. The molecule has 0 heterocycles. The second-order valence-corrected chi connectivity index (χ2v) is 4.27. The molecule has 0 unspecified atom stereocenters. The topological polar surface area (TPSA) is 108 Å². The van der Waals surface area contributed by atoms with E-state index in [9.17, 15) is 9.59 Å². The summed E-state index contributed by atoms with van der Waals surface area (Å²) in [4.78, 5) is 22.2. The molecular weight excluding hydrogens is 220 g/mol. The molecule has 2 amide bonds. The molecule has 0 aromatic rings. The van der Waals surface area contributed by atoms with E-state index in [0.717, 1.165) is 25.7 Å². The monoisotopic (exact) mass is 238 g/mol. The van der Waals surface area contributed by atoms with Gasteiger partial charge in [-0.2, -0.15) is 5.26 Å². The lowest BCUT2D eigenvalue weighted by Crippen LogP contribution is -2.42. The van der Waals surface area contributed by atoms with Crippen molar-refractivity contribution in [1.82, 2.24) is 10.6 Å². The number of rotatable bonds is 5. The summed E-state index contributed by atoms with van der Waals surface area (Å²) in [5.74, 6) is -0.417. The van der Waals surface area contributed by atoms with Gasteiger partial charge in [0.15, 0.2) is 0 Å². The Kier molecular flexibility index (Phi) is 5.43. The van der Waals surface area contributed by atoms with Crippen molar-refractivity contribution >= 4 is 11.8 Å². The van der Waals surface area contributed by atoms with Crippen LogP contribution in [0.4, 0.5) is 0 Å². The average molecular weight is 238 g/mol. The van der Waals surface area contributed by atoms with Gasteiger partial charge in [-0.05, 0) is 25.7 Å². The van der Waals surface area contributed by atoms with Gasteiger partial charge in [-0.15, -0.1) is 0 Å². The molecule has 0 radical (unpaired) electrons. The molecule has 0 saturated heterocycles. The molecule has 0 aliphatic heterocycles. The van der Waals surface area contributed by atoms with Crippen molar-refractivity contribution in [1.29, 1.82) is 5.26 Å². The van der Waals surface area contributed by atoms with Gasteiger partial charge in [0.1, 0.15) is 6.54 Å². The Bertz CT molecular complexity index is 316. The van der Waals surface area contributed by atoms with E-state index >= 15 is 0 Å². The third kappa shape index (κ3) is 4.83. The smallest absolute Gasteiger partial charge is 0.234 e. The summed E-state index contributed by atoms with van der Waals surface area (Å²) in [6, 6.07) is 2.11. The molecule has 1 saturated carbocycles. The molecule has 0 aromatic heterocycles. The molecule has 17 heavy (non-hydrogen) atoms. The second-order valence-electron chi connectivity index (χ2n) is 4.27. The SMILES string of the molecule is N#CCNC(=O)CNC1CCC(C(N)=O)CC1. The predicted molar refractivity (Wildman–Crippen MR) is 61.6 cm³/mol. The van der Waals surface area contributed by atoms with Crippen LogP contribution in [-0.4, -0.2) is 30.9 Å². The van der Waals surface area contributed by atoms with Gasteiger partial charge in [0.25, 0.3) is 0 Å². The molecule has 94 valence electrons. The standard InChI is InChI=1S/C11H18N4O2/c12-5-6-14-10(16)7-15-9-3-1-8(2-4-9)11(13)17/h8-9,15H,1-4,6-7H2,(H2,13,17)(H,14,16). The van der Waals surface area contributed by atoms with Crippen molar-refractivity contribution in [2.24, 2.45) is 11.7 Å². The van der Waals surface area contributed by atoms with Crippen LogP contribution < -0.4 is 16.4 Å². The van der Waals surface area contributed by atoms with E-state index in [0.29, 0.717) is 0 Å². The average Bonchev–Trinajstić information content (AvgIpc) is 2.34. The number of hydrogen-bond donors (Lipinski definition) is 3. The molecule has 1 aliphatic rings. The summed E-state index contributed by atoms with van der Waals surface area (Å²) in [6.07, 6.45) is 3.29. The van der Waals surface area contributed by atoms with Crippen LogP contribution in [0.1, 0.15) is 25.7 Å².